The van der Waals surface area contributed by atoms with Gasteiger partial charge in [-0.05, 0) is 38.1 Å². The first-order chi connectivity index (χ1) is 16.4. The van der Waals surface area contributed by atoms with Gasteiger partial charge in [0.05, 0.1) is 22.4 Å². The molecule has 0 aliphatic carbocycles. The van der Waals surface area contributed by atoms with Crippen molar-refractivity contribution in [2.45, 2.75) is 55.1 Å². The number of rotatable bonds is 9. The van der Waals surface area contributed by atoms with Crippen molar-refractivity contribution in [3.8, 4) is 0 Å². The fourth-order valence-electron chi connectivity index (χ4n) is 3.65. The normalized spacial score (nSPS) is 22.8. The summed E-state index contributed by atoms with van der Waals surface area (Å²) in [4.78, 5) is 13.3. The molecule has 0 spiro atoms. The third kappa shape index (κ3) is 6.26. The van der Waals surface area contributed by atoms with Crippen molar-refractivity contribution in [2.75, 3.05) is 20.8 Å². The lowest BCUT2D eigenvalue weighted by atomic mass is 10.1. The zero-order chi connectivity index (χ0) is 26.0. The van der Waals surface area contributed by atoms with Crippen LogP contribution in [-0.4, -0.2) is 72.9 Å². The maximum absolute atomic E-state index is 13.0. The number of nitrogens with zero attached hydrogens (tertiary/aromatic N) is 1. The molecule has 0 bridgehead atoms. The minimum Gasteiger partial charge on any atom is -0.353 e. The summed E-state index contributed by atoms with van der Waals surface area (Å²) in [5.41, 5.74) is 1.74. The Hall–Kier alpha value is -2.35. The zero-order valence-electron chi connectivity index (χ0n) is 20.1. The van der Waals surface area contributed by atoms with Gasteiger partial charge in [0.15, 0.2) is 12.4 Å². The van der Waals surface area contributed by atoms with Crippen molar-refractivity contribution in [3.05, 3.63) is 59.7 Å². The number of carbonyl (C=O) groups is 1. The Kier molecular flexibility index (Phi) is 8.35. The molecule has 1 amide bonds. The Morgan fingerprint density at radius 1 is 0.914 bits per heavy atom. The molecule has 1 fully saturated rings. The zero-order valence-corrected chi connectivity index (χ0v) is 21.7. The van der Waals surface area contributed by atoms with Crippen LogP contribution in [0.5, 0.6) is 0 Å². The fraction of sp³-hybridized carbons (Fsp3) is 0.435. The standard InChI is InChI=1S/C23H29NO9S2/c1-15-6-10-18(11-7-15)34(26,27)31-14-20-21(24(4)17(3)25)22(23(30-5)32-20)33-35(28,29)19-12-8-16(2)9-13-19/h6-13,20-23H,14H2,1-5H3/t20-,21-,22+,23-/m1/s1. The van der Waals surface area contributed by atoms with Crippen LogP contribution in [0.4, 0.5) is 0 Å². The van der Waals surface area contributed by atoms with E-state index >= 15 is 0 Å². The predicted octanol–water partition coefficient (Wildman–Crippen LogP) is 2.00. The van der Waals surface area contributed by atoms with Crippen LogP contribution in [0.25, 0.3) is 0 Å². The molecule has 10 nitrogen and oxygen atoms in total. The first kappa shape index (κ1) is 27.2. The minimum absolute atomic E-state index is 0.0457. The van der Waals surface area contributed by atoms with Gasteiger partial charge in [0.25, 0.3) is 20.2 Å². The maximum Gasteiger partial charge on any atom is 0.297 e. The third-order valence-corrected chi connectivity index (χ3v) is 8.34. The van der Waals surface area contributed by atoms with Gasteiger partial charge in [-0.15, -0.1) is 0 Å². The summed E-state index contributed by atoms with van der Waals surface area (Å²) in [5.74, 6) is -0.414. The van der Waals surface area contributed by atoms with Gasteiger partial charge in [0.2, 0.25) is 5.91 Å². The summed E-state index contributed by atoms with van der Waals surface area (Å²) in [6.45, 7) is 4.42. The lowest BCUT2D eigenvalue weighted by molar-refractivity contribution is -0.146. The molecule has 0 aromatic heterocycles. The summed E-state index contributed by atoms with van der Waals surface area (Å²) in [6, 6.07) is 11.1. The highest BCUT2D eigenvalue weighted by Gasteiger charge is 2.51. The maximum atomic E-state index is 13.0. The smallest absolute Gasteiger partial charge is 0.297 e. The molecular weight excluding hydrogens is 498 g/mol. The number of amides is 1. The third-order valence-electron chi connectivity index (χ3n) is 5.72. The molecular formula is C23H29NO9S2. The van der Waals surface area contributed by atoms with E-state index in [0.29, 0.717) is 0 Å². The van der Waals surface area contributed by atoms with Gasteiger partial charge in [0, 0.05) is 21.1 Å². The van der Waals surface area contributed by atoms with E-state index in [-0.39, 0.29) is 9.79 Å². The number of methoxy groups -OCH3 is 1. The molecule has 0 saturated carbocycles. The summed E-state index contributed by atoms with van der Waals surface area (Å²) in [5, 5.41) is 0. The number of hydrogen-bond acceptors (Lipinski definition) is 9. The molecule has 0 radical (unpaired) electrons. The Morgan fingerprint density at radius 2 is 1.40 bits per heavy atom. The van der Waals surface area contributed by atoms with Crippen molar-refractivity contribution in [2.24, 2.45) is 0 Å². The van der Waals surface area contributed by atoms with Gasteiger partial charge in [-0.2, -0.15) is 16.8 Å². The first-order valence-corrected chi connectivity index (χ1v) is 13.5. The van der Waals surface area contributed by atoms with Gasteiger partial charge < -0.3 is 14.4 Å². The van der Waals surface area contributed by atoms with E-state index in [4.69, 9.17) is 17.8 Å². The molecule has 1 aliphatic rings. The van der Waals surface area contributed by atoms with Gasteiger partial charge in [0.1, 0.15) is 6.10 Å². The summed E-state index contributed by atoms with van der Waals surface area (Å²) >= 11 is 0. The van der Waals surface area contributed by atoms with Crippen LogP contribution in [0.2, 0.25) is 0 Å². The average Bonchev–Trinajstić information content (AvgIpc) is 3.14. The van der Waals surface area contributed by atoms with Crippen LogP contribution in [0.15, 0.2) is 58.3 Å². The van der Waals surface area contributed by atoms with Crippen molar-refractivity contribution >= 4 is 26.1 Å². The molecule has 192 valence electrons. The quantitative estimate of drug-likeness (QED) is 0.450. The van der Waals surface area contributed by atoms with Gasteiger partial charge in [-0.25, -0.2) is 0 Å². The number of benzene rings is 2. The van der Waals surface area contributed by atoms with E-state index in [1.54, 1.807) is 24.3 Å². The van der Waals surface area contributed by atoms with Crippen LogP contribution in [-0.2, 0) is 42.9 Å². The Balaban J connectivity index is 1.87. The van der Waals surface area contributed by atoms with E-state index in [0.717, 1.165) is 11.1 Å². The van der Waals surface area contributed by atoms with Crippen molar-refractivity contribution < 1.29 is 39.5 Å². The topological polar surface area (TPSA) is 126 Å². The van der Waals surface area contributed by atoms with E-state index in [1.165, 1.54) is 50.2 Å². The second-order valence-electron chi connectivity index (χ2n) is 8.28. The minimum atomic E-state index is -4.27. The summed E-state index contributed by atoms with van der Waals surface area (Å²) in [7, 11) is -5.68. The molecule has 1 aliphatic heterocycles. The lowest BCUT2D eigenvalue weighted by Gasteiger charge is -2.31. The Morgan fingerprint density at radius 3 is 1.86 bits per heavy atom. The lowest BCUT2D eigenvalue weighted by Crippen LogP contribution is -2.51. The molecule has 1 heterocycles. The Bertz CT molecular complexity index is 1240. The summed E-state index contributed by atoms with van der Waals surface area (Å²) in [6.07, 6.45) is -3.55. The molecule has 1 saturated heterocycles. The fourth-order valence-corrected chi connectivity index (χ4v) is 5.65. The van der Waals surface area contributed by atoms with Crippen LogP contribution in [0.3, 0.4) is 0 Å². The molecule has 2 aromatic rings. The average molecular weight is 528 g/mol. The number of aryl methyl sites for hydroxylation is 2. The predicted molar refractivity (Wildman–Crippen MR) is 125 cm³/mol. The SMILES string of the molecule is CO[C@@H]1O[C@H](COS(=O)(=O)c2ccc(C)cc2)[C@@H](N(C)C(C)=O)[C@@H]1OS(=O)(=O)c1ccc(C)cc1. The van der Waals surface area contributed by atoms with E-state index in [2.05, 4.69) is 0 Å². The second kappa shape index (κ2) is 10.7. The highest BCUT2D eigenvalue weighted by molar-refractivity contribution is 7.87. The van der Waals surface area contributed by atoms with Crippen LogP contribution in [0, 0.1) is 13.8 Å². The van der Waals surface area contributed by atoms with Crippen molar-refractivity contribution in [3.63, 3.8) is 0 Å². The van der Waals surface area contributed by atoms with E-state index in [1.807, 2.05) is 13.8 Å². The van der Waals surface area contributed by atoms with E-state index in [9.17, 15) is 21.6 Å². The van der Waals surface area contributed by atoms with E-state index < -0.39 is 57.3 Å². The highest BCUT2D eigenvalue weighted by atomic mass is 32.2. The first-order valence-electron chi connectivity index (χ1n) is 10.7. The molecule has 3 rings (SSSR count). The highest BCUT2D eigenvalue weighted by Crippen LogP contribution is 2.32. The van der Waals surface area contributed by atoms with Crippen molar-refractivity contribution in [1.82, 2.24) is 4.90 Å². The number of carbonyl (C=O) groups excluding carboxylic acids is 1. The molecule has 2 aromatic carbocycles. The largest absolute Gasteiger partial charge is 0.353 e. The van der Waals surface area contributed by atoms with Crippen LogP contribution in [0.1, 0.15) is 18.1 Å². The molecule has 0 N–H and O–H groups in total. The van der Waals surface area contributed by atoms with Gasteiger partial charge in [-0.3, -0.25) is 13.2 Å². The van der Waals surface area contributed by atoms with Gasteiger partial charge >= 0.3 is 0 Å². The number of likely N-dealkylation sites (N-methyl/N-ethyl adjacent to an activating group) is 1. The van der Waals surface area contributed by atoms with Crippen LogP contribution < -0.4 is 0 Å². The molecule has 0 unspecified atom stereocenters. The molecule has 4 atom stereocenters. The number of ether oxygens (including phenoxy) is 2. The van der Waals surface area contributed by atoms with Gasteiger partial charge in [-0.1, -0.05) is 35.4 Å². The molecule has 12 heteroatoms. The monoisotopic (exact) mass is 527 g/mol. The number of hydrogen-bond donors (Lipinski definition) is 0. The van der Waals surface area contributed by atoms with Crippen molar-refractivity contribution in [1.29, 1.82) is 0 Å². The second-order valence-corrected chi connectivity index (χ2v) is 11.5. The van der Waals surface area contributed by atoms with Crippen LogP contribution >= 0.6 is 0 Å². The molecule has 35 heavy (non-hydrogen) atoms. The Labute approximate surface area is 206 Å². The summed E-state index contributed by atoms with van der Waals surface area (Å²) < 4.78 is 73.0.